The van der Waals surface area contributed by atoms with Gasteiger partial charge in [-0.25, -0.2) is 9.59 Å². The van der Waals surface area contributed by atoms with E-state index in [2.05, 4.69) is 9.98 Å². The molecule has 1 aromatic rings. The number of isocyanates is 2. The Balaban J connectivity index is 3.12. The fourth-order valence-electron chi connectivity index (χ4n) is 0.914. The smallest absolute Gasteiger partial charge is 0.211 e. The molecule has 4 nitrogen and oxygen atoms in total. The van der Waals surface area contributed by atoms with Gasteiger partial charge in [0.25, 0.3) is 0 Å². The van der Waals surface area contributed by atoms with Crippen molar-refractivity contribution in [3.05, 3.63) is 42.1 Å². The molecular weight excluding hydrogens is 180 g/mol. The average molecular weight is 186 g/mol. The maximum atomic E-state index is 10.1. The van der Waals surface area contributed by atoms with Gasteiger partial charge in [0.05, 0.1) is 6.20 Å². The summed E-state index contributed by atoms with van der Waals surface area (Å²) in [5, 5.41) is 0. The second-order valence-corrected chi connectivity index (χ2v) is 2.30. The van der Waals surface area contributed by atoms with Crippen LogP contribution in [-0.2, 0) is 9.59 Å². The molecule has 14 heavy (non-hydrogen) atoms. The van der Waals surface area contributed by atoms with Crippen molar-refractivity contribution in [2.75, 3.05) is 0 Å². The summed E-state index contributed by atoms with van der Waals surface area (Å²) < 4.78 is 0. The van der Waals surface area contributed by atoms with Crippen molar-refractivity contribution in [3.63, 3.8) is 0 Å². The Morgan fingerprint density at radius 3 is 2.43 bits per heavy atom. The van der Waals surface area contributed by atoms with Gasteiger partial charge < -0.3 is 0 Å². The van der Waals surface area contributed by atoms with Crippen LogP contribution in [0.5, 0.6) is 0 Å². The molecule has 0 spiro atoms. The number of rotatable bonds is 3. The first-order valence-electron chi connectivity index (χ1n) is 3.79. The summed E-state index contributed by atoms with van der Waals surface area (Å²) in [6.45, 7) is 0. The highest BCUT2D eigenvalue weighted by atomic mass is 16.1. The fraction of sp³-hybridized carbons (Fsp3) is 0. The molecule has 1 rings (SSSR count). The maximum absolute atomic E-state index is 10.1. The second kappa shape index (κ2) is 5.38. The first kappa shape index (κ1) is 9.81. The van der Waals surface area contributed by atoms with E-state index in [1.165, 1.54) is 12.2 Å². The van der Waals surface area contributed by atoms with E-state index in [1.807, 2.05) is 6.07 Å². The van der Waals surface area contributed by atoms with Gasteiger partial charge in [0.2, 0.25) is 12.2 Å². The van der Waals surface area contributed by atoms with Crippen LogP contribution in [0.1, 0.15) is 5.56 Å². The van der Waals surface area contributed by atoms with Crippen molar-refractivity contribution in [1.29, 1.82) is 0 Å². The predicted molar refractivity (Wildman–Crippen MR) is 50.7 cm³/mol. The minimum Gasteiger partial charge on any atom is -0.211 e. The standard InChI is InChI=1S/C10H6N2O2/c13-7-11-6-10(12-8-14)9-4-2-1-3-5-9/h1-6H. The molecule has 0 amide bonds. The first-order chi connectivity index (χ1) is 6.88. The lowest BCUT2D eigenvalue weighted by molar-refractivity contribution is 0.564. The lowest BCUT2D eigenvalue weighted by Gasteiger charge is -1.95. The van der Waals surface area contributed by atoms with Crippen LogP contribution in [0.4, 0.5) is 0 Å². The van der Waals surface area contributed by atoms with Gasteiger partial charge in [0.15, 0.2) is 0 Å². The highest BCUT2D eigenvalue weighted by molar-refractivity contribution is 5.69. The third-order valence-electron chi connectivity index (χ3n) is 1.48. The van der Waals surface area contributed by atoms with Crippen LogP contribution >= 0.6 is 0 Å². The van der Waals surface area contributed by atoms with Gasteiger partial charge >= 0.3 is 0 Å². The van der Waals surface area contributed by atoms with Gasteiger partial charge in [-0.05, 0) is 0 Å². The van der Waals surface area contributed by atoms with Crippen molar-refractivity contribution in [2.24, 2.45) is 9.98 Å². The zero-order valence-corrected chi connectivity index (χ0v) is 7.18. The zero-order chi connectivity index (χ0) is 10.2. The predicted octanol–water partition coefficient (Wildman–Crippen LogP) is 1.66. The zero-order valence-electron chi connectivity index (χ0n) is 7.18. The topological polar surface area (TPSA) is 58.9 Å². The van der Waals surface area contributed by atoms with Crippen LogP contribution in [0.2, 0.25) is 0 Å². The summed E-state index contributed by atoms with van der Waals surface area (Å²) in [7, 11) is 0. The molecule has 0 heterocycles. The van der Waals surface area contributed by atoms with Crippen molar-refractivity contribution < 1.29 is 9.59 Å². The van der Waals surface area contributed by atoms with Crippen LogP contribution in [0.3, 0.4) is 0 Å². The third-order valence-corrected chi connectivity index (χ3v) is 1.48. The highest BCUT2D eigenvalue weighted by Gasteiger charge is 1.97. The largest absolute Gasteiger partial charge is 0.240 e. The van der Waals surface area contributed by atoms with Crippen LogP contribution in [-0.4, -0.2) is 12.2 Å². The molecule has 0 atom stereocenters. The van der Waals surface area contributed by atoms with Crippen LogP contribution in [0, 0.1) is 0 Å². The second-order valence-electron chi connectivity index (χ2n) is 2.30. The number of carbonyl (C=O) groups excluding carboxylic acids is 2. The Bertz CT molecular complexity index is 425. The van der Waals surface area contributed by atoms with E-state index in [1.54, 1.807) is 24.3 Å². The normalized spacial score (nSPS) is 9.86. The van der Waals surface area contributed by atoms with Crippen LogP contribution in [0.25, 0.3) is 5.70 Å². The molecule has 4 heteroatoms. The van der Waals surface area contributed by atoms with Crippen LogP contribution in [0.15, 0.2) is 46.5 Å². The van der Waals surface area contributed by atoms with Gasteiger partial charge in [0.1, 0.15) is 5.70 Å². The van der Waals surface area contributed by atoms with Gasteiger partial charge in [-0.3, -0.25) is 0 Å². The summed E-state index contributed by atoms with van der Waals surface area (Å²) in [5.74, 6) is 0. The minimum absolute atomic E-state index is 0.281. The van der Waals surface area contributed by atoms with Crippen LogP contribution < -0.4 is 0 Å². The van der Waals surface area contributed by atoms with Crippen molar-refractivity contribution in [1.82, 2.24) is 0 Å². The molecule has 0 fully saturated rings. The molecule has 1 aromatic carbocycles. The van der Waals surface area contributed by atoms with Crippen molar-refractivity contribution >= 4 is 17.9 Å². The Morgan fingerprint density at radius 2 is 1.86 bits per heavy atom. The van der Waals surface area contributed by atoms with E-state index in [4.69, 9.17) is 0 Å². The summed E-state index contributed by atoms with van der Waals surface area (Å²) in [5.41, 5.74) is 0.971. The SMILES string of the molecule is O=C=NC=C(N=C=O)c1ccccc1. The van der Waals surface area contributed by atoms with Gasteiger partial charge in [0, 0.05) is 5.56 Å². The Labute approximate surface area is 80.3 Å². The molecule has 68 valence electrons. The number of benzene rings is 1. The van der Waals surface area contributed by atoms with E-state index < -0.39 is 0 Å². The van der Waals surface area contributed by atoms with E-state index >= 15 is 0 Å². The molecule has 0 saturated heterocycles. The molecule has 0 N–H and O–H groups in total. The molecule has 0 radical (unpaired) electrons. The highest BCUT2D eigenvalue weighted by Crippen LogP contribution is 2.14. The molecule has 0 bridgehead atoms. The summed E-state index contributed by atoms with van der Waals surface area (Å²) in [6.07, 6.45) is 3.89. The lowest BCUT2D eigenvalue weighted by atomic mass is 10.2. The molecule has 0 aliphatic heterocycles. The number of hydrogen-bond donors (Lipinski definition) is 0. The summed E-state index contributed by atoms with van der Waals surface area (Å²) in [6, 6.07) is 8.89. The quantitative estimate of drug-likeness (QED) is 0.532. The Hall–Kier alpha value is -2.28. The molecule has 0 aromatic heterocycles. The Kier molecular flexibility index (Phi) is 3.77. The third kappa shape index (κ3) is 2.64. The molecule has 0 aliphatic carbocycles. The van der Waals surface area contributed by atoms with E-state index in [-0.39, 0.29) is 5.70 Å². The van der Waals surface area contributed by atoms with Crippen molar-refractivity contribution in [2.45, 2.75) is 0 Å². The maximum Gasteiger partial charge on any atom is 0.240 e. The van der Waals surface area contributed by atoms with Gasteiger partial charge in [-0.2, -0.15) is 9.98 Å². The fourth-order valence-corrected chi connectivity index (χ4v) is 0.914. The summed E-state index contributed by atoms with van der Waals surface area (Å²) >= 11 is 0. The van der Waals surface area contributed by atoms with Gasteiger partial charge in [-0.15, -0.1) is 0 Å². The first-order valence-corrected chi connectivity index (χ1v) is 3.79. The molecule has 0 aliphatic rings. The molecule has 0 saturated carbocycles. The average Bonchev–Trinajstić information content (AvgIpc) is 2.25. The number of aliphatic imine (C=N–C) groups is 2. The van der Waals surface area contributed by atoms with Crippen molar-refractivity contribution in [3.8, 4) is 0 Å². The number of nitrogens with zero attached hydrogens (tertiary/aromatic N) is 2. The minimum atomic E-state index is 0.281. The monoisotopic (exact) mass is 186 g/mol. The summed E-state index contributed by atoms with van der Waals surface area (Å²) in [4.78, 5) is 26.6. The lowest BCUT2D eigenvalue weighted by Crippen LogP contribution is -1.78. The van der Waals surface area contributed by atoms with E-state index in [0.717, 1.165) is 6.20 Å². The van der Waals surface area contributed by atoms with E-state index in [9.17, 15) is 9.59 Å². The molecular formula is C10H6N2O2. The van der Waals surface area contributed by atoms with E-state index in [0.29, 0.717) is 5.56 Å². The Morgan fingerprint density at radius 1 is 1.14 bits per heavy atom. The molecule has 0 unspecified atom stereocenters. The number of hydrogen-bond acceptors (Lipinski definition) is 4. The van der Waals surface area contributed by atoms with Gasteiger partial charge in [-0.1, -0.05) is 30.3 Å².